The zero-order chi connectivity index (χ0) is 17.4. The fraction of sp³-hybridized carbons (Fsp3) is 0.333. The fourth-order valence-electron chi connectivity index (χ4n) is 3.49. The molecule has 1 amide bonds. The standard InChI is InChI=1S/C18H19N5O2/c1-11-7-13(14(24)8-11)23-10-21-15-16(19-9-20-17(15)23)22-18(25)12-5-3-2-4-6-12/h2-6,9-11,13-14,24H,7-8H2,1H3,(H,19,20,22,25)/t11-,13+,14+/m0/s1. The summed E-state index contributed by atoms with van der Waals surface area (Å²) in [4.78, 5) is 25.2. The van der Waals surface area contributed by atoms with Gasteiger partial charge >= 0.3 is 0 Å². The SMILES string of the molecule is C[C@@H]1C[C@@H](O)[C@H](n2cnc3c(NC(=O)c4ccccc4)ncnc32)C1. The summed E-state index contributed by atoms with van der Waals surface area (Å²) in [5, 5.41) is 13.1. The van der Waals surface area contributed by atoms with Crippen molar-refractivity contribution in [1.29, 1.82) is 0 Å². The smallest absolute Gasteiger partial charge is 0.256 e. The van der Waals surface area contributed by atoms with Crippen molar-refractivity contribution >= 4 is 22.9 Å². The Morgan fingerprint density at radius 2 is 2.00 bits per heavy atom. The van der Waals surface area contributed by atoms with Crippen molar-refractivity contribution in [2.45, 2.75) is 31.9 Å². The zero-order valence-electron chi connectivity index (χ0n) is 13.8. The third kappa shape index (κ3) is 2.87. The van der Waals surface area contributed by atoms with Crippen molar-refractivity contribution in [2.24, 2.45) is 5.92 Å². The first-order valence-corrected chi connectivity index (χ1v) is 8.35. The maximum atomic E-state index is 12.4. The number of aliphatic hydroxyl groups is 1. The number of aliphatic hydroxyl groups excluding tert-OH is 1. The molecule has 1 fully saturated rings. The van der Waals surface area contributed by atoms with Gasteiger partial charge in [-0.05, 0) is 30.9 Å². The van der Waals surface area contributed by atoms with Gasteiger partial charge in [-0.1, -0.05) is 25.1 Å². The highest BCUT2D eigenvalue weighted by atomic mass is 16.3. The van der Waals surface area contributed by atoms with Crippen LogP contribution >= 0.6 is 0 Å². The van der Waals surface area contributed by atoms with E-state index in [2.05, 4.69) is 27.2 Å². The van der Waals surface area contributed by atoms with Gasteiger partial charge in [-0.2, -0.15) is 0 Å². The van der Waals surface area contributed by atoms with Crippen molar-refractivity contribution in [3.8, 4) is 0 Å². The highest BCUT2D eigenvalue weighted by Gasteiger charge is 2.33. The Hall–Kier alpha value is -2.80. The van der Waals surface area contributed by atoms with E-state index in [9.17, 15) is 9.90 Å². The highest BCUT2D eigenvalue weighted by Crippen LogP contribution is 2.36. The molecule has 2 heterocycles. The second kappa shape index (κ2) is 6.25. The molecular formula is C18H19N5O2. The molecule has 7 nitrogen and oxygen atoms in total. The minimum atomic E-state index is -0.412. The van der Waals surface area contributed by atoms with Crippen molar-refractivity contribution in [3.05, 3.63) is 48.5 Å². The van der Waals surface area contributed by atoms with E-state index in [0.29, 0.717) is 28.5 Å². The Balaban J connectivity index is 1.67. The van der Waals surface area contributed by atoms with Gasteiger partial charge in [0.1, 0.15) is 6.33 Å². The number of aromatic nitrogens is 4. The lowest BCUT2D eigenvalue weighted by Crippen LogP contribution is -2.18. The summed E-state index contributed by atoms with van der Waals surface area (Å²) in [7, 11) is 0. The maximum absolute atomic E-state index is 12.4. The molecule has 0 aliphatic heterocycles. The summed E-state index contributed by atoms with van der Waals surface area (Å²) in [6.45, 7) is 2.13. The molecule has 3 aromatic rings. The number of imidazole rings is 1. The Bertz CT molecular complexity index is 908. The van der Waals surface area contributed by atoms with Gasteiger partial charge in [0.25, 0.3) is 5.91 Å². The van der Waals surface area contributed by atoms with E-state index >= 15 is 0 Å². The van der Waals surface area contributed by atoms with Crippen LogP contribution in [0.3, 0.4) is 0 Å². The molecule has 2 aromatic heterocycles. The van der Waals surface area contributed by atoms with E-state index in [4.69, 9.17) is 0 Å². The first kappa shape index (κ1) is 15.7. The summed E-state index contributed by atoms with van der Waals surface area (Å²) in [5.41, 5.74) is 1.70. The number of nitrogens with zero attached hydrogens (tertiary/aromatic N) is 4. The number of benzene rings is 1. The van der Waals surface area contributed by atoms with E-state index in [1.165, 1.54) is 6.33 Å². The van der Waals surface area contributed by atoms with E-state index in [1.807, 2.05) is 22.8 Å². The quantitative estimate of drug-likeness (QED) is 0.765. The van der Waals surface area contributed by atoms with Crippen molar-refractivity contribution < 1.29 is 9.90 Å². The topological polar surface area (TPSA) is 92.9 Å². The predicted octanol–water partition coefficient (Wildman–Crippen LogP) is 2.41. The van der Waals surface area contributed by atoms with Crippen molar-refractivity contribution in [3.63, 3.8) is 0 Å². The Labute approximate surface area is 144 Å². The summed E-state index contributed by atoms with van der Waals surface area (Å²) < 4.78 is 1.89. The zero-order valence-corrected chi connectivity index (χ0v) is 13.8. The van der Waals surface area contributed by atoms with Gasteiger partial charge in [-0.15, -0.1) is 0 Å². The Morgan fingerprint density at radius 1 is 1.20 bits per heavy atom. The molecule has 128 valence electrons. The molecule has 7 heteroatoms. The predicted molar refractivity (Wildman–Crippen MR) is 93.2 cm³/mol. The fourth-order valence-corrected chi connectivity index (χ4v) is 3.49. The lowest BCUT2D eigenvalue weighted by atomic mass is 10.1. The number of carbonyl (C=O) groups is 1. The molecule has 0 radical (unpaired) electrons. The molecule has 1 saturated carbocycles. The third-order valence-corrected chi connectivity index (χ3v) is 4.72. The number of rotatable bonds is 3. The van der Waals surface area contributed by atoms with E-state index in [1.54, 1.807) is 18.5 Å². The second-order valence-corrected chi connectivity index (χ2v) is 6.58. The number of carbonyl (C=O) groups excluding carboxylic acids is 1. The molecule has 1 aliphatic carbocycles. The molecule has 3 atom stereocenters. The molecule has 1 aliphatic rings. The largest absolute Gasteiger partial charge is 0.391 e. The van der Waals surface area contributed by atoms with Gasteiger partial charge in [0, 0.05) is 5.56 Å². The number of hydrogen-bond acceptors (Lipinski definition) is 5. The average molecular weight is 337 g/mol. The molecule has 0 saturated heterocycles. The van der Waals surface area contributed by atoms with Crippen LogP contribution < -0.4 is 5.32 Å². The number of hydrogen-bond donors (Lipinski definition) is 2. The number of anilines is 1. The summed E-state index contributed by atoms with van der Waals surface area (Å²) in [6, 6.07) is 8.90. The molecule has 0 bridgehead atoms. The number of fused-ring (bicyclic) bond motifs is 1. The monoisotopic (exact) mass is 337 g/mol. The second-order valence-electron chi connectivity index (χ2n) is 6.58. The van der Waals surface area contributed by atoms with Gasteiger partial charge in [0.2, 0.25) is 0 Å². The Morgan fingerprint density at radius 3 is 2.72 bits per heavy atom. The average Bonchev–Trinajstić information content (AvgIpc) is 3.19. The lowest BCUT2D eigenvalue weighted by molar-refractivity contribution is 0.102. The first-order chi connectivity index (χ1) is 12.1. The van der Waals surface area contributed by atoms with Gasteiger partial charge in [0.15, 0.2) is 17.0 Å². The van der Waals surface area contributed by atoms with Gasteiger partial charge in [0.05, 0.1) is 18.5 Å². The van der Waals surface area contributed by atoms with Crippen LogP contribution in [-0.2, 0) is 0 Å². The maximum Gasteiger partial charge on any atom is 0.256 e. The van der Waals surface area contributed by atoms with Crippen LogP contribution in [0.2, 0.25) is 0 Å². The highest BCUT2D eigenvalue weighted by molar-refractivity contribution is 6.06. The van der Waals surface area contributed by atoms with Crippen LogP contribution in [0.15, 0.2) is 43.0 Å². The lowest BCUT2D eigenvalue weighted by Gasteiger charge is -2.16. The normalized spacial score (nSPS) is 23.0. The Kier molecular flexibility index (Phi) is 3.93. The van der Waals surface area contributed by atoms with Crippen LogP contribution in [0.4, 0.5) is 5.82 Å². The van der Waals surface area contributed by atoms with E-state index < -0.39 is 6.10 Å². The van der Waals surface area contributed by atoms with Gasteiger partial charge < -0.3 is 15.0 Å². The van der Waals surface area contributed by atoms with Crippen LogP contribution in [-0.4, -0.2) is 36.6 Å². The third-order valence-electron chi connectivity index (χ3n) is 4.72. The van der Waals surface area contributed by atoms with Crippen LogP contribution in [0.1, 0.15) is 36.2 Å². The number of nitrogens with one attached hydrogen (secondary N) is 1. The molecule has 2 N–H and O–H groups in total. The molecule has 4 rings (SSSR count). The molecule has 0 unspecified atom stereocenters. The first-order valence-electron chi connectivity index (χ1n) is 8.35. The summed E-state index contributed by atoms with van der Waals surface area (Å²) in [5.74, 6) is 0.583. The molecule has 0 spiro atoms. The minimum Gasteiger partial charge on any atom is -0.391 e. The number of amides is 1. The van der Waals surface area contributed by atoms with Crippen molar-refractivity contribution in [1.82, 2.24) is 19.5 Å². The molecule has 25 heavy (non-hydrogen) atoms. The van der Waals surface area contributed by atoms with Crippen LogP contribution in [0.25, 0.3) is 11.2 Å². The van der Waals surface area contributed by atoms with Crippen LogP contribution in [0.5, 0.6) is 0 Å². The van der Waals surface area contributed by atoms with Gasteiger partial charge in [-0.3, -0.25) is 4.79 Å². The molecular weight excluding hydrogens is 318 g/mol. The van der Waals surface area contributed by atoms with Crippen LogP contribution in [0, 0.1) is 5.92 Å². The van der Waals surface area contributed by atoms with E-state index in [-0.39, 0.29) is 11.9 Å². The summed E-state index contributed by atoms with van der Waals surface area (Å²) >= 11 is 0. The summed E-state index contributed by atoms with van der Waals surface area (Å²) in [6.07, 6.45) is 4.31. The molecule has 1 aromatic carbocycles. The van der Waals surface area contributed by atoms with Crippen molar-refractivity contribution in [2.75, 3.05) is 5.32 Å². The van der Waals surface area contributed by atoms with E-state index in [0.717, 1.165) is 12.8 Å². The minimum absolute atomic E-state index is 0.0485. The van der Waals surface area contributed by atoms with Gasteiger partial charge in [-0.25, -0.2) is 15.0 Å².